The summed E-state index contributed by atoms with van der Waals surface area (Å²) in [4.78, 5) is 28.4. The summed E-state index contributed by atoms with van der Waals surface area (Å²) < 4.78 is 20.3. The van der Waals surface area contributed by atoms with Gasteiger partial charge >= 0.3 is 5.97 Å². The molecule has 1 N–H and O–H groups in total. The van der Waals surface area contributed by atoms with Crippen LogP contribution in [0.3, 0.4) is 0 Å². The average molecular weight is 485 g/mol. The minimum Gasteiger partial charge on any atom is -0.481 e. The lowest BCUT2D eigenvalue weighted by Crippen LogP contribution is -2.03. The van der Waals surface area contributed by atoms with E-state index in [0.717, 1.165) is 33.4 Å². The Morgan fingerprint density at radius 2 is 1.69 bits per heavy atom. The topological polar surface area (TPSA) is 98.1 Å². The molecule has 0 spiro atoms. The summed E-state index contributed by atoms with van der Waals surface area (Å²) in [6.45, 7) is 5.98. The summed E-state index contributed by atoms with van der Waals surface area (Å²) in [6.07, 6.45) is 7.14. The number of benzene rings is 2. The van der Waals surface area contributed by atoms with E-state index in [4.69, 9.17) is 9.84 Å². The van der Waals surface area contributed by atoms with Gasteiger partial charge in [0, 0.05) is 29.4 Å². The second-order valence-corrected chi connectivity index (χ2v) is 9.23. The molecule has 2 heterocycles. The van der Waals surface area contributed by atoms with E-state index < -0.39 is 11.9 Å². The summed E-state index contributed by atoms with van der Waals surface area (Å²) >= 11 is 0. The molecule has 0 bridgehead atoms. The van der Waals surface area contributed by atoms with Crippen LogP contribution < -0.4 is 4.74 Å². The van der Waals surface area contributed by atoms with Crippen LogP contribution in [-0.2, 0) is 11.4 Å². The molecule has 1 aliphatic carbocycles. The van der Waals surface area contributed by atoms with Crippen LogP contribution in [0.1, 0.15) is 40.3 Å². The van der Waals surface area contributed by atoms with Gasteiger partial charge in [0.2, 0.25) is 5.88 Å². The highest BCUT2D eigenvalue weighted by molar-refractivity contribution is 5.76. The van der Waals surface area contributed by atoms with Crippen LogP contribution in [0.2, 0.25) is 0 Å². The molecule has 7 nitrogen and oxygen atoms in total. The molecule has 1 fully saturated rings. The monoisotopic (exact) mass is 484 g/mol. The molecule has 36 heavy (non-hydrogen) atoms. The van der Waals surface area contributed by atoms with Crippen molar-refractivity contribution < 1.29 is 19.0 Å². The van der Waals surface area contributed by atoms with Gasteiger partial charge in [0.1, 0.15) is 12.4 Å². The van der Waals surface area contributed by atoms with E-state index >= 15 is 0 Å². The van der Waals surface area contributed by atoms with Crippen molar-refractivity contribution in [2.75, 3.05) is 0 Å². The molecule has 182 valence electrons. The second-order valence-electron chi connectivity index (χ2n) is 9.23. The van der Waals surface area contributed by atoms with Gasteiger partial charge in [-0.3, -0.25) is 9.78 Å². The zero-order valence-electron chi connectivity index (χ0n) is 20.2. The van der Waals surface area contributed by atoms with Crippen molar-refractivity contribution in [3.63, 3.8) is 0 Å². The summed E-state index contributed by atoms with van der Waals surface area (Å²) in [5, 5.41) is 9.08. The number of rotatable bonds is 7. The predicted molar refractivity (Wildman–Crippen MR) is 132 cm³/mol. The van der Waals surface area contributed by atoms with E-state index in [1.807, 2.05) is 32.9 Å². The number of carboxylic acids is 1. The minimum absolute atomic E-state index is 0.0116. The summed E-state index contributed by atoms with van der Waals surface area (Å²) in [5.41, 5.74) is 6.95. The Hall–Kier alpha value is -4.20. The smallest absolute Gasteiger partial charge is 0.307 e. The highest BCUT2D eigenvalue weighted by Gasteiger charge is 2.45. The summed E-state index contributed by atoms with van der Waals surface area (Å²) in [6, 6.07) is 9.07. The third kappa shape index (κ3) is 4.79. The maximum absolute atomic E-state index is 14.6. The molecule has 2 atom stereocenters. The number of aliphatic carboxylic acids is 1. The Labute approximate surface area is 208 Å². The molecule has 0 saturated heterocycles. The molecule has 4 aromatic rings. The van der Waals surface area contributed by atoms with Gasteiger partial charge in [-0.1, -0.05) is 6.07 Å². The number of nitrogens with zero attached hydrogens (tertiary/aromatic N) is 4. The van der Waals surface area contributed by atoms with Gasteiger partial charge in [0.15, 0.2) is 5.82 Å². The lowest BCUT2D eigenvalue weighted by molar-refractivity contribution is -0.138. The lowest BCUT2D eigenvalue weighted by atomic mass is 9.92. The number of aryl methyl sites for hydroxylation is 3. The number of hydrogen-bond donors (Lipinski definition) is 1. The zero-order chi connectivity index (χ0) is 25.4. The largest absolute Gasteiger partial charge is 0.481 e. The third-order valence-electron chi connectivity index (χ3n) is 6.42. The minimum atomic E-state index is -0.818. The van der Waals surface area contributed by atoms with Crippen LogP contribution in [0.25, 0.3) is 22.5 Å². The number of aromatic nitrogens is 4. The maximum atomic E-state index is 14.6. The second kappa shape index (κ2) is 9.45. The van der Waals surface area contributed by atoms with E-state index in [1.54, 1.807) is 24.5 Å². The van der Waals surface area contributed by atoms with Crippen LogP contribution >= 0.6 is 0 Å². The number of hydrogen-bond acceptors (Lipinski definition) is 6. The fourth-order valence-corrected chi connectivity index (χ4v) is 4.47. The average Bonchev–Trinajstić information content (AvgIpc) is 3.66. The highest BCUT2D eigenvalue weighted by Crippen LogP contribution is 2.46. The third-order valence-corrected chi connectivity index (χ3v) is 6.42. The first-order chi connectivity index (χ1) is 17.3. The predicted octanol–water partition coefficient (Wildman–Crippen LogP) is 5.43. The van der Waals surface area contributed by atoms with Crippen LogP contribution in [0, 0.1) is 32.5 Å². The molecule has 2 aromatic carbocycles. The number of carboxylic acid groups (broad SMARTS) is 1. The zero-order valence-corrected chi connectivity index (χ0v) is 20.2. The van der Waals surface area contributed by atoms with Crippen molar-refractivity contribution in [3.05, 3.63) is 88.9 Å². The first kappa shape index (κ1) is 23.5. The normalized spacial score (nSPS) is 16.6. The first-order valence-electron chi connectivity index (χ1n) is 11.7. The quantitative estimate of drug-likeness (QED) is 0.373. The van der Waals surface area contributed by atoms with Crippen LogP contribution in [0.15, 0.2) is 55.1 Å². The number of carbonyl (C=O) groups is 1. The van der Waals surface area contributed by atoms with Gasteiger partial charge in [0.05, 0.1) is 24.0 Å². The van der Waals surface area contributed by atoms with Crippen LogP contribution in [0.5, 0.6) is 5.88 Å². The van der Waals surface area contributed by atoms with Crippen molar-refractivity contribution in [2.24, 2.45) is 5.92 Å². The van der Waals surface area contributed by atoms with Crippen molar-refractivity contribution in [1.29, 1.82) is 0 Å². The van der Waals surface area contributed by atoms with E-state index in [2.05, 4.69) is 19.9 Å². The molecule has 1 saturated carbocycles. The van der Waals surface area contributed by atoms with Crippen molar-refractivity contribution in [2.45, 2.75) is 39.7 Å². The van der Waals surface area contributed by atoms with Crippen LogP contribution in [0.4, 0.5) is 4.39 Å². The van der Waals surface area contributed by atoms with Gasteiger partial charge in [-0.15, -0.1) is 0 Å². The van der Waals surface area contributed by atoms with Crippen molar-refractivity contribution in [1.82, 2.24) is 19.9 Å². The summed E-state index contributed by atoms with van der Waals surface area (Å²) in [5.74, 6) is -0.765. The fourth-order valence-electron chi connectivity index (χ4n) is 4.47. The fraction of sp³-hybridized carbons (Fsp3) is 0.250. The molecule has 2 aromatic heterocycles. The molecule has 5 rings (SSSR count). The maximum Gasteiger partial charge on any atom is 0.307 e. The molecular weight excluding hydrogens is 459 g/mol. The lowest BCUT2D eigenvalue weighted by Gasteiger charge is -2.14. The van der Waals surface area contributed by atoms with Gasteiger partial charge < -0.3 is 9.84 Å². The van der Waals surface area contributed by atoms with Gasteiger partial charge in [0.25, 0.3) is 0 Å². The molecule has 0 radical (unpaired) electrons. The van der Waals surface area contributed by atoms with E-state index in [-0.39, 0.29) is 24.2 Å². The van der Waals surface area contributed by atoms with E-state index in [9.17, 15) is 9.18 Å². The van der Waals surface area contributed by atoms with Gasteiger partial charge in [-0.2, -0.15) is 0 Å². The van der Waals surface area contributed by atoms with E-state index in [0.29, 0.717) is 23.5 Å². The molecule has 0 aliphatic heterocycles. The summed E-state index contributed by atoms with van der Waals surface area (Å²) in [7, 11) is 0. The van der Waals surface area contributed by atoms with Crippen molar-refractivity contribution in [3.8, 4) is 28.4 Å². The van der Waals surface area contributed by atoms with Crippen LogP contribution in [-0.4, -0.2) is 31.0 Å². The Morgan fingerprint density at radius 3 is 2.31 bits per heavy atom. The number of ether oxygens (including phenoxy) is 1. The molecule has 1 aliphatic rings. The Bertz CT molecular complexity index is 1420. The van der Waals surface area contributed by atoms with Gasteiger partial charge in [-0.25, -0.2) is 19.3 Å². The standard InChI is InChI=1S/C28H25FN4O3/c1-15-10-32-27(33-11-15)19-6-16(2)26(17(3)7-19)18-4-5-23(29)20(8-18)14-36-25-13-30-24(12-31-25)21-9-22(21)28(34)35/h4-8,10-13,21-22H,9,14H2,1-3H3,(H,34,35)/t21-,22-/m0/s1. The van der Waals surface area contributed by atoms with Crippen molar-refractivity contribution >= 4 is 5.97 Å². The highest BCUT2D eigenvalue weighted by atomic mass is 19.1. The Morgan fingerprint density at radius 1 is 0.972 bits per heavy atom. The first-order valence-corrected chi connectivity index (χ1v) is 11.7. The van der Waals surface area contributed by atoms with Gasteiger partial charge in [-0.05, 0) is 79.3 Å². The van der Waals surface area contributed by atoms with E-state index in [1.165, 1.54) is 18.5 Å². The number of halogens is 1. The molecule has 0 amide bonds. The Balaban J connectivity index is 1.34. The molecule has 8 heteroatoms. The molecular formula is C28H25FN4O3. The molecule has 0 unspecified atom stereocenters. The Kier molecular flexibility index (Phi) is 6.18. The SMILES string of the molecule is Cc1cnc(-c2cc(C)c(-c3ccc(F)c(COc4cnc([C@H]5C[C@@H]5C(=O)O)cn4)c3)c(C)c2)nc1.